The lowest BCUT2D eigenvalue weighted by molar-refractivity contribution is -0.138. The van der Waals surface area contributed by atoms with Crippen LogP contribution in [-0.2, 0) is 20.6 Å². The second kappa shape index (κ2) is 16.5. The number of aromatic nitrogens is 1. The van der Waals surface area contributed by atoms with E-state index in [1.54, 1.807) is 29.3 Å². The van der Waals surface area contributed by atoms with Crippen LogP contribution in [0.15, 0.2) is 48.7 Å². The van der Waals surface area contributed by atoms with Crippen molar-refractivity contribution in [2.75, 3.05) is 67.5 Å². The average Bonchev–Trinajstić information content (AvgIpc) is 3.45. The molecule has 1 aromatic heterocycles. The molecule has 2 aromatic carbocycles. The molecule has 4 fully saturated rings. The van der Waals surface area contributed by atoms with Gasteiger partial charge in [-0.2, -0.15) is 18.4 Å². The van der Waals surface area contributed by atoms with Crippen LogP contribution >= 0.6 is 0 Å². The van der Waals surface area contributed by atoms with Gasteiger partial charge in [0.25, 0.3) is 11.8 Å². The van der Waals surface area contributed by atoms with Gasteiger partial charge in [-0.25, -0.2) is 9.37 Å². The molecule has 8 rings (SSSR count). The number of nitrogens with zero attached hydrogens (tertiary/aromatic N) is 6. The van der Waals surface area contributed by atoms with Crippen LogP contribution < -0.4 is 25.2 Å². The number of carbonyl (C=O) groups is 5. The maximum atomic E-state index is 15.4. The van der Waals surface area contributed by atoms with E-state index in [9.17, 15) is 37.1 Å². The van der Waals surface area contributed by atoms with E-state index in [4.69, 9.17) is 10.00 Å². The number of likely N-dealkylation sites (tertiary alicyclic amines) is 1. The number of benzene rings is 2. The van der Waals surface area contributed by atoms with Gasteiger partial charge < -0.3 is 24.8 Å². The zero-order chi connectivity index (χ0) is 42.3. The van der Waals surface area contributed by atoms with Crippen LogP contribution in [-0.4, -0.2) is 103 Å². The van der Waals surface area contributed by atoms with E-state index < -0.39 is 52.8 Å². The molecule has 3 aromatic rings. The monoisotopic (exact) mass is 830 g/mol. The topological polar surface area (TPSA) is 168 Å². The SMILES string of the molecule is N#Cc1ccc(N2CCC(C(=O)Nc3ccc(OCC4CN(CC5CCN(c6cc7c(cc6F)C(=O)N(C6CCC(=O)NC6=O)C7=O)CC5)C4)cn3)CC2)cc1C(F)(F)F. The molecule has 4 saturated heterocycles. The number of amides is 5. The molecule has 1 unspecified atom stereocenters. The summed E-state index contributed by atoms with van der Waals surface area (Å²) in [6, 6.07) is 10.0. The minimum absolute atomic E-state index is 0.00203. The third kappa shape index (κ3) is 8.35. The standard InChI is InChI=1S/C42H42F4N8O6/c43-33-16-30-31(41(59)54(40(30)58)34-4-6-37(55)50-39(34)57)17-35(33)53-11-7-24(8-12-53)20-51-21-25(22-51)23-60-29-3-5-36(48-19-29)49-38(56)26-9-13-52(14-10-26)28-2-1-27(18-47)32(15-28)42(44,45)46/h1-3,5,15-17,19,24-26,34H,4,6-14,20-23H2,(H,48,49,56)(H,50,55,57). The lowest BCUT2D eigenvalue weighted by atomic mass is 9.92. The second-order valence-electron chi connectivity index (χ2n) is 16.1. The quantitative estimate of drug-likeness (QED) is 0.217. The van der Waals surface area contributed by atoms with Crippen LogP contribution in [0.5, 0.6) is 5.75 Å². The summed E-state index contributed by atoms with van der Waals surface area (Å²) in [5, 5.41) is 14.1. The number of hydrogen-bond acceptors (Lipinski definition) is 11. The van der Waals surface area contributed by atoms with Gasteiger partial charge in [-0.15, -0.1) is 0 Å². The van der Waals surface area contributed by atoms with Crippen LogP contribution in [0.3, 0.4) is 0 Å². The highest BCUT2D eigenvalue weighted by molar-refractivity contribution is 6.23. The number of fused-ring (bicyclic) bond motifs is 1. The molecule has 2 N–H and O–H groups in total. The average molecular weight is 831 g/mol. The van der Waals surface area contributed by atoms with Gasteiger partial charge in [0.1, 0.15) is 23.4 Å². The predicted octanol–water partition coefficient (Wildman–Crippen LogP) is 4.59. The van der Waals surface area contributed by atoms with Gasteiger partial charge in [-0.3, -0.25) is 34.2 Å². The minimum Gasteiger partial charge on any atom is -0.492 e. The van der Waals surface area contributed by atoms with Crippen LogP contribution in [0.2, 0.25) is 0 Å². The summed E-state index contributed by atoms with van der Waals surface area (Å²) in [4.78, 5) is 74.5. The number of nitrogens with one attached hydrogen (secondary N) is 2. The van der Waals surface area contributed by atoms with E-state index in [1.165, 1.54) is 18.2 Å². The van der Waals surface area contributed by atoms with E-state index in [0.29, 0.717) is 74.7 Å². The largest absolute Gasteiger partial charge is 0.492 e. The van der Waals surface area contributed by atoms with Crippen molar-refractivity contribution in [3.63, 3.8) is 0 Å². The molecular weight excluding hydrogens is 789 g/mol. The number of hydrogen-bond donors (Lipinski definition) is 2. The number of carbonyl (C=O) groups excluding carboxylic acids is 5. The van der Waals surface area contributed by atoms with E-state index in [-0.39, 0.29) is 41.5 Å². The molecule has 60 heavy (non-hydrogen) atoms. The molecule has 5 aliphatic rings. The van der Waals surface area contributed by atoms with E-state index in [2.05, 4.69) is 20.5 Å². The molecule has 0 saturated carbocycles. The zero-order valence-corrected chi connectivity index (χ0v) is 32.5. The van der Waals surface area contributed by atoms with E-state index in [0.717, 1.165) is 49.5 Å². The van der Waals surface area contributed by atoms with Crippen molar-refractivity contribution < 1.29 is 46.3 Å². The van der Waals surface area contributed by atoms with Crippen LogP contribution in [0.4, 0.5) is 34.8 Å². The van der Waals surface area contributed by atoms with Crippen molar-refractivity contribution >= 4 is 46.7 Å². The first-order valence-electron chi connectivity index (χ1n) is 20.0. The van der Waals surface area contributed by atoms with Gasteiger partial charge in [0, 0.05) is 69.8 Å². The number of alkyl halides is 3. The fraction of sp³-hybridized carbons (Fsp3) is 0.452. The minimum atomic E-state index is -4.64. The number of nitriles is 1. The molecule has 5 aliphatic heterocycles. The highest BCUT2D eigenvalue weighted by atomic mass is 19.4. The summed E-state index contributed by atoms with van der Waals surface area (Å²) in [7, 11) is 0. The maximum absolute atomic E-state index is 15.4. The van der Waals surface area contributed by atoms with E-state index in [1.807, 2.05) is 4.90 Å². The lowest BCUT2D eigenvalue weighted by Crippen LogP contribution is -2.54. The first-order chi connectivity index (χ1) is 28.7. The molecule has 5 amide bonds. The summed E-state index contributed by atoms with van der Waals surface area (Å²) in [5.41, 5.74) is -0.813. The van der Waals surface area contributed by atoms with Gasteiger partial charge in [-0.05, 0) is 80.5 Å². The summed E-state index contributed by atoms with van der Waals surface area (Å²) in [6.07, 6.45) is -0.519. The third-order valence-corrected chi connectivity index (χ3v) is 12.1. The Balaban J connectivity index is 0.738. The van der Waals surface area contributed by atoms with Crippen LogP contribution in [0.1, 0.15) is 70.4 Å². The Morgan fingerprint density at radius 1 is 0.900 bits per heavy atom. The van der Waals surface area contributed by atoms with Crippen LogP contribution in [0, 0.1) is 34.9 Å². The number of pyridine rings is 1. The Labute approximate surface area is 342 Å². The molecule has 14 nitrogen and oxygen atoms in total. The first kappa shape index (κ1) is 40.7. The Morgan fingerprint density at radius 2 is 1.60 bits per heavy atom. The summed E-state index contributed by atoms with van der Waals surface area (Å²) < 4.78 is 61.7. The van der Waals surface area contributed by atoms with Crippen LogP contribution in [0.25, 0.3) is 0 Å². The molecule has 0 bridgehead atoms. The predicted molar refractivity (Wildman–Crippen MR) is 207 cm³/mol. The van der Waals surface area contributed by atoms with Crippen molar-refractivity contribution in [1.82, 2.24) is 20.1 Å². The van der Waals surface area contributed by atoms with Gasteiger partial charge in [0.05, 0.1) is 46.8 Å². The lowest BCUT2D eigenvalue weighted by Gasteiger charge is -2.43. The summed E-state index contributed by atoms with van der Waals surface area (Å²) in [6.45, 7) is 5.08. The molecule has 18 heteroatoms. The molecule has 0 aliphatic carbocycles. The zero-order valence-electron chi connectivity index (χ0n) is 32.5. The van der Waals surface area contributed by atoms with Crippen molar-refractivity contribution in [2.45, 2.75) is 50.7 Å². The van der Waals surface area contributed by atoms with Crippen molar-refractivity contribution in [1.29, 1.82) is 5.26 Å². The molecule has 1 atom stereocenters. The van der Waals surface area contributed by atoms with E-state index >= 15 is 4.39 Å². The molecular formula is C42H42F4N8O6. The van der Waals surface area contributed by atoms with Crippen molar-refractivity contribution in [3.05, 3.63) is 76.7 Å². The first-order valence-corrected chi connectivity index (χ1v) is 20.0. The number of piperidine rings is 3. The number of ether oxygens (including phenoxy) is 1. The highest BCUT2D eigenvalue weighted by Gasteiger charge is 2.45. The maximum Gasteiger partial charge on any atom is 0.417 e. The smallest absolute Gasteiger partial charge is 0.417 e. The number of anilines is 3. The molecule has 314 valence electrons. The number of rotatable bonds is 10. The Morgan fingerprint density at radius 3 is 2.25 bits per heavy atom. The fourth-order valence-electron chi connectivity index (χ4n) is 8.82. The summed E-state index contributed by atoms with van der Waals surface area (Å²) >= 11 is 0. The van der Waals surface area contributed by atoms with Crippen molar-refractivity contribution in [2.24, 2.45) is 17.8 Å². The molecule has 0 spiro atoms. The van der Waals surface area contributed by atoms with Gasteiger partial charge in [0.15, 0.2) is 0 Å². The Hall–Kier alpha value is -6.09. The number of halogens is 4. The van der Waals surface area contributed by atoms with Gasteiger partial charge >= 0.3 is 6.18 Å². The third-order valence-electron chi connectivity index (χ3n) is 12.1. The van der Waals surface area contributed by atoms with Gasteiger partial charge in [0.2, 0.25) is 17.7 Å². The summed E-state index contributed by atoms with van der Waals surface area (Å²) in [5.74, 6) is -2.06. The number of imide groups is 2. The normalized spacial score (nSPS) is 20.8. The van der Waals surface area contributed by atoms with Gasteiger partial charge in [-0.1, -0.05) is 0 Å². The molecule has 0 radical (unpaired) electrons. The highest BCUT2D eigenvalue weighted by Crippen LogP contribution is 2.37. The Kier molecular flexibility index (Phi) is 11.2. The fourth-order valence-corrected chi connectivity index (χ4v) is 8.82. The second-order valence-corrected chi connectivity index (χ2v) is 16.1. The van der Waals surface area contributed by atoms with Crippen molar-refractivity contribution in [3.8, 4) is 11.8 Å². The molecule has 6 heterocycles. The Bertz CT molecular complexity index is 2240.